The number of carbonyl (C=O) groups is 1. The van der Waals surface area contributed by atoms with Crippen LogP contribution in [0.5, 0.6) is 0 Å². The lowest BCUT2D eigenvalue weighted by Gasteiger charge is -1.92. The Kier molecular flexibility index (Phi) is 9.48. The van der Waals surface area contributed by atoms with E-state index in [0.29, 0.717) is 5.56 Å². The summed E-state index contributed by atoms with van der Waals surface area (Å²) in [4.78, 5) is 10.2. The van der Waals surface area contributed by atoms with Gasteiger partial charge in [-0.15, -0.1) is 0 Å². The maximum atomic E-state index is 10.2. The molecular weight excluding hydrogens is 224 g/mol. The average Bonchev–Trinajstić information content (AvgIpc) is 2.30. The van der Waals surface area contributed by atoms with Gasteiger partial charge in [0.05, 0.1) is 0 Å². The Morgan fingerprint density at radius 3 is 1.94 bits per heavy atom. The molecular formula is C11H10N2O4. The van der Waals surface area contributed by atoms with Gasteiger partial charge in [0, 0.05) is 0 Å². The molecule has 4 N–H and O–H groups in total. The van der Waals surface area contributed by atoms with Crippen LogP contribution in [-0.4, -0.2) is 21.7 Å². The number of rotatable bonds is 2. The van der Waals surface area contributed by atoms with Crippen LogP contribution in [0.3, 0.4) is 0 Å². The number of aliphatic hydroxyl groups is 1. The summed E-state index contributed by atoms with van der Waals surface area (Å²) in [6.07, 6.45) is 1.20. The van der Waals surface area contributed by atoms with Crippen LogP contribution >= 0.6 is 0 Å². The van der Waals surface area contributed by atoms with Crippen LogP contribution in [-0.2, 0) is 4.79 Å². The molecule has 0 unspecified atom stereocenters. The Balaban J connectivity index is 0. The quantitative estimate of drug-likeness (QED) is 0.577. The van der Waals surface area contributed by atoms with Gasteiger partial charge in [-0.05, 0) is 11.6 Å². The number of aliphatic hydroxyl groups excluding tert-OH is 1. The molecule has 88 valence electrons. The van der Waals surface area contributed by atoms with Gasteiger partial charge in [-0.2, -0.15) is 10.5 Å². The van der Waals surface area contributed by atoms with Crippen LogP contribution < -0.4 is 0 Å². The summed E-state index contributed by atoms with van der Waals surface area (Å²) in [6.45, 7) is 0. The zero-order valence-electron chi connectivity index (χ0n) is 8.66. The summed E-state index contributed by atoms with van der Waals surface area (Å²) in [5.74, 6) is -1.97. The van der Waals surface area contributed by atoms with Crippen LogP contribution in [0.1, 0.15) is 5.56 Å². The zero-order chi connectivity index (χ0) is 12.4. The van der Waals surface area contributed by atoms with Crippen molar-refractivity contribution in [1.82, 2.24) is 0 Å². The molecule has 0 aromatic heterocycles. The standard InChI is InChI=1S/C9H8O3.C2N2.H2O/c10-8(9(11)12)6-7-4-2-1-3-5-7;3-1-2-4;/h1-6,10H,(H,11,12);;1H2. The number of benzene rings is 1. The maximum absolute atomic E-state index is 10.2. The number of carboxylic acid groups (broad SMARTS) is 1. The highest BCUT2D eigenvalue weighted by Gasteiger charge is 2.01. The van der Waals surface area contributed by atoms with E-state index in [0.717, 1.165) is 0 Å². The monoisotopic (exact) mass is 234 g/mol. The van der Waals surface area contributed by atoms with Gasteiger partial charge < -0.3 is 15.7 Å². The van der Waals surface area contributed by atoms with E-state index >= 15 is 0 Å². The first-order valence-electron chi connectivity index (χ1n) is 4.09. The van der Waals surface area contributed by atoms with Crippen molar-refractivity contribution >= 4 is 12.0 Å². The zero-order valence-corrected chi connectivity index (χ0v) is 8.66. The van der Waals surface area contributed by atoms with Crippen LogP contribution in [0.4, 0.5) is 0 Å². The van der Waals surface area contributed by atoms with Gasteiger partial charge in [-0.25, -0.2) is 4.79 Å². The largest absolute Gasteiger partial charge is 0.502 e. The second kappa shape index (κ2) is 9.71. The van der Waals surface area contributed by atoms with Crippen LogP contribution in [0.25, 0.3) is 6.08 Å². The molecule has 6 nitrogen and oxygen atoms in total. The fraction of sp³-hybridized carbons (Fsp3) is 0. The normalized spacial score (nSPS) is 8.47. The summed E-state index contributed by atoms with van der Waals surface area (Å²) in [6, 6.07) is 11.2. The lowest BCUT2D eigenvalue weighted by molar-refractivity contribution is -0.135. The third-order valence-corrected chi connectivity index (χ3v) is 1.37. The number of nitrogens with zero attached hydrogens (tertiary/aromatic N) is 2. The fourth-order valence-corrected chi connectivity index (χ4v) is 0.769. The average molecular weight is 234 g/mol. The molecule has 17 heavy (non-hydrogen) atoms. The van der Waals surface area contributed by atoms with E-state index in [4.69, 9.17) is 20.7 Å². The minimum absolute atomic E-state index is 0. The second-order valence-electron chi connectivity index (χ2n) is 2.47. The van der Waals surface area contributed by atoms with Crippen LogP contribution in [0, 0.1) is 22.7 Å². The molecule has 0 aliphatic carbocycles. The predicted octanol–water partition coefficient (Wildman–Crippen LogP) is 0.879. The third-order valence-electron chi connectivity index (χ3n) is 1.37. The lowest BCUT2D eigenvalue weighted by Crippen LogP contribution is -1.98. The summed E-state index contributed by atoms with van der Waals surface area (Å²) in [5.41, 5.74) is 0.664. The van der Waals surface area contributed by atoms with Crippen LogP contribution in [0.15, 0.2) is 36.1 Å². The molecule has 1 aromatic carbocycles. The first-order chi connectivity index (χ1) is 7.61. The molecule has 0 saturated carbocycles. The summed E-state index contributed by atoms with van der Waals surface area (Å²) in [5, 5.41) is 31.7. The highest BCUT2D eigenvalue weighted by molar-refractivity contribution is 5.89. The van der Waals surface area contributed by atoms with E-state index in [1.807, 2.05) is 6.07 Å². The van der Waals surface area contributed by atoms with Gasteiger partial charge in [-0.3, -0.25) is 0 Å². The van der Waals surface area contributed by atoms with Crippen LogP contribution in [0.2, 0.25) is 0 Å². The third kappa shape index (κ3) is 8.18. The number of nitriles is 2. The van der Waals surface area contributed by atoms with Crippen molar-refractivity contribution in [3.05, 3.63) is 41.7 Å². The van der Waals surface area contributed by atoms with Crippen molar-refractivity contribution in [3.8, 4) is 12.1 Å². The molecule has 0 aliphatic rings. The molecule has 1 aromatic rings. The van der Waals surface area contributed by atoms with Gasteiger partial charge in [-0.1, -0.05) is 30.3 Å². The molecule has 0 radical (unpaired) electrons. The van der Waals surface area contributed by atoms with Crippen molar-refractivity contribution in [2.75, 3.05) is 0 Å². The van der Waals surface area contributed by atoms with E-state index in [9.17, 15) is 4.79 Å². The Labute approximate surface area is 97.6 Å². The molecule has 0 fully saturated rings. The van der Waals surface area contributed by atoms with Gasteiger partial charge in [0.1, 0.15) is 0 Å². The highest BCUT2D eigenvalue weighted by atomic mass is 16.4. The van der Waals surface area contributed by atoms with Gasteiger partial charge in [0.25, 0.3) is 0 Å². The molecule has 0 spiro atoms. The summed E-state index contributed by atoms with van der Waals surface area (Å²) < 4.78 is 0. The highest BCUT2D eigenvalue weighted by Crippen LogP contribution is 2.03. The van der Waals surface area contributed by atoms with Crippen molar-refractivity contribution < 1.29 is 20.5 Å². The first kappa shape index (κ1) is 16.6. The number of hydrogen-bond donors (Lipinski definition) is 2. The fourth-order valence-electron chi connectivity index (χ4n) is 0.769. The molecule has 0 atom stereocenters. The van der Waals surface area contributed by atoms with Crippen molar-refractivity contribution in [2.24, 2.45) is 0 Å². The minimum Gasteiger partial charge on any atom is -0.502 e. The Morgan fingerprint density at radius 1 is 1.12 bits per heavy atom. The van der Waals surface area contributed by atoms with Gasteiger partial charge >= 0.3 is 5.97 Å². The predicted molar refractivity (Wildman–Crippen MR) is 59.5 cm³/mol. The lowest BCUT2D eigenvalue weighted by atomic mass is 10.2. The van der Waals surface area contributed by atoms with E-state index in [-0.39, 0.29) is 5.48 Å². The molecule has 0 aliphatic heterocycles. The Hall–Kier alpha value is -2.83. The molecule has 0 amide bonds. The molecule has 0 heterocycles. The topological polar surface area (TPSA) is 137 Å². The van der Waals surface area contributed by atoms with Crippen molar-refractivity contribution in [2.45, 2.75) is 0 Å². The van der Waals surface area contributed by atoms with E-state index in [2.05, 4.69) is 0 Å². The molecule has 0 saturated heterocycles. The summed E-state index contributed by atoms with van der Waals surface area (Å²) >= 11 is 0. The molecule has 0 bridgehead atoms. The number of hydrogen-bond acceptors (Lipinski definition) is 4. The number of carboxylic acids is 1. The van der Waals surface area contributed by atoms with E-state index < -0.39 is 11.7 Å². The van der Waals surface area contributed by atoms with Crippen molar-refractivity contribution in [3.63, 3.8) is 0 Å². The molecule has 6 heteroatoms. The summed E-state index contributed by atoms with van der Waals surface area (Å²) in [7, 11) is 0. The van der Waals surface area contributed by atoms with E-state index in [1.54, 1.807) is 24.3 Å². The van der Waals surface area contributed by atoms with Crippen molar-refractivity contribution in [1.29, 1.82) is 10.5 Å². The Morgan fingerprint density at radius 2 is 1.59 bits per heavy atom. The minimum atomic E-state index is -1.32. The molecule has 1 rings (SSSR count). The SMILES string of the molecule is N#CC#N.O.O=C(O)C(O)=Cc1ccccc1. The van der Waals surface area contributed by atoms with Gasteiger partial charge in [0.15, 0.2) is 12.1 Å². The maximum Gasteiger partial charge on any atom is 0.370 e. The second-order valence-corrected chi connectivity index (χ2v) is 2.47. The first-order valence-corrected chi connectivity index (χ1v) is 4.09. The van der Waals surface area contributed by atoms with Gasteiger partial charge in [0.2, 0.25) is 5.76 Å². The smallest absolute Gasteiger partial charge is 0.370 e. The number of aliphatic carboxylic acids is 1. The van der Waals surface area contributed by atoms with E-state index in [1.165, 1.54) is 18.2 Å². The Bertz CT molecular complexity index is 443.